The van der Waals surface area contributed by atoms with Crippen molar-refractivity contribution in [3.05, 3.63) is 34.3 Å². The predicted molar refractivity (Wildman–Crippen MR) is 66.2 cm³/mol. The standard InChI is InChI=1S/C11H12BrClO3/c1-6(14)8-3-2-7(4-9(8)13)11(16)10(15)5-12/h2-4,10-11,15-16H,5H2,1H3. The second-order valence-electron chi connectivity index (χ2n) is 3.46. The van der Waals surface area contributed by atoms with Crippen LogP contribution in [0.1, 0.15) is 28.9 Å². The van der Waals surface area contributed by atoms with Crippen LogP contribution in [0.2, 0.25) is 5.02 Å². The number of alkyl halides is 1. The molecule has 2 atom stereocenters. The van der Waals surface area contributed by atoms with Gasteiger partial charge in [0, 0.05) is 10.9 Å². The summed E-state index contributed by atoms with van der Waals surface area (Å²) in [4.78, 5) is 11.1. The molecule has 0 spiro atoms. The van der Waals surface area contributed by atoms with Crippen molar-refractivity contribution in [3.8, 4) is 0 Å². The average Bonchev–Trinajstić information content (AvgIpc) is 2.26. The largest absolute Gasteiger partial charge is 0.389 e. The fourth-order valence-corrected chi connectivity index (χ4v) is 1.98. The zero-order chi connectivity index (χ0) is 12.3. The Bertz CT molecular complexity index is 395. The Morgan fingerprint density at radius 2 is 2.12 bits per heavy atom. The molecule has 0 saturated carbocycles. The predicted octanol–water partition coefficient (Wildman–Crippen LogP) is 2.33. The molecule has 88 valence electrons. The number of Topliss-reactive ketones (excluding diaryl/α,β-unsaturated/α-hetero) is 1. The zero-order valence-corrected chi connectivity index (χ0v) is 11.0. The molecular formula is C11H12BrClO3. The third-order valence-corrected chi connectivity index (χ3v) is 3.21. The minimum absolute atomic E-state index is 0.132. The highest BCUT2D eigenvalue weighted by molar-refractivity contribution is 9.09. The van der Waals surface area contributed by atoms with Crippen LogP contribution in [0.5, 0.6) is 0 Å². The number of rotatable bonds is 4. The maximum absolute atomic E-state index is 11.1. The topological polar surface area (TPSA) is 57.5 Å². The summed E-state index contributed by atoms with van der Waals surface area (Å²) in [5.41, 5.74) is 0.896. The van der Waals surface area contributed by atoms with Crippen LogP contribution < -0.4 is 0 Å². The molecule has 0 bridgehead atoms. The molecule has 1 aromatic carbocycles. The minimum Gasteiger partial charge on any atom is -0.389 e. The van der Waals surface area contributed by atoms with Crippen LogP contribution in [-0.2, 0) is 0 Å². The summed E-state index contributed by atoms with van der Waals surface area (Å²) >= 11 is 8.96. The first-order valence-corrected chi connectivity index (χ1v) is 6.19. The quantitative estimate of drug-likeness (QED) is 0.663. The number of aliphatic hydroxyl groups excluding tert-OH is 2. The van der Waals surface area contributed by atoms with Gasteiger partial charge in [0.2, 0.25) is 0 Å². The van der Waals surface area contributed by atoms with Gasteiger partial charge in [0.15, 0.2) is 5.78 Å². The number of halogens is 2. The number of carbonyl (C=O) groups is 1. The molecule has 5 heteroatoms. The number of carbonyl (C=O) groups excluding carboxylic acids is 1. The number of benzene rings is 1. The van der Waals surface area contributed by atoms with E-state index in [0.717, 1.165) is 0 Å². The van der Waals surface area contributed by atoms with Gasteiger partial charge in [-0.25, -0.2) is 0 Å². The van der Waals surface area contributed by atoms with Crippen LogP contribution in [0.25, 0.3) is 0 Å². The van der Waals surface area contributed by atoms with Crippen molar-refractivity contribution in [2.24, 2.45) is 0 Å². The first kappa shape index (κ1) is 13.6. The first-order valence-electron chi connectivity index (χ1n) is 4.70. The normalized spacial score (nSPS) is 14.6. The van der Waals surface area contributed by atoms with E-state index in [1.165, 1.54) is 13.0 Å². The van der Waals surface area contributed by atoms with Gasteiger partial charge in [0.25, 0.3) is 0 Å². The molecule has 1 aromatic rings. The Morgan fingerprint density at radius 3 is 2.56 bits per heavy atom. The van der Waals surface area contributed by atoms with Gasteiger partial charge in [0.1, 0.15) is 6.10 Å². The van der Waals surface area contributed by atoms with Crippen molar-refractivity contribution >= 4 is 33.3 Å². The minimum atomic E-state index is -1.02. The van der Waals surface area contributed by atoms with Crippen molar-refractivity contribution in [2.75, 3.05) is 5.33 Å². The van der Waals surface area contributed by atoms with Crippen molar-refractivity contribution in [1.29, 1.82) is 0 Å². The van der Waals surface area contributed by atoms with E-state index in [2.05, 4.69) is 15.9 Å². The average molecular weight is 308 g/mol. The summed E-state index contributed by atoms with van der Waals surface area (Å²) in [7, 11) is 0. The molecule has 0 heterocycles. The van der Waals surface area contributed by atoms with Crippen molar-refractivity contribution in [1.82, 2.24) is 0 Å². The SMILES string of the molecule is CC(=O)c1ccc(C(O)C(O)CBr)cc1Cl. The van der Waals surface area contributed by atoms with Gasteiger partial charge in [-0.2, -0.15) is 0 Å². The molecule has 0 aliphatic heterocycles. The molecule has 0 aliphatic carbocycles. The summed E-state index contributed by atoms with van der Waals surface area (Å²) in [5, 5.41) is 19.7. The van der Waals surface area contributed by atoms with E-state index < -0.39 is 12.2 Å². The number of aliphatic hydroxyl groups is 2. The second kappa shape index (κ2) is 5.77. The highest BCUT2D eigenvalue weighted by atomic mass is 79.9. The summed E-state index contributed by atoms with van der Waals surface area (Å²) in [6.07, 6.45) is -1.92. The van der Waals surface area contributed by atoms with Gasteiger partial charge >= 0.3 is 0 Å². The lowest BCUT2D eigenvalue weighted by atomic mass is 10.0. The Kier molecular flexibility index (Phi) is 4.92. The molecule has 2 N–H and O–H groups in total. The fraction of sp³-hybridized carbons (Fsp3) is 0.364. The van der Waals surface area contributed by atoms with E-state index in [1.54, 1.807) is 12.1 Å². The van der Waals surface area contributed by atoms with E-state index in [-0.39, 0.29) is 16.1 Å². The molecule has 0 fully saturated rings. The van der Waals surface area contributed by atoms with Gasteiger partial charge in [-0.3, -0.25) is 4.79 Å². The van der Waals surface area contributed by atoms with Gasteiger partial charge in [-0.1, -0.05) is 33.6 Å². The maximum Gasteiger partial charge on any atom is 0.161 e. The van der Waals surface area contributed by atoms with Gasteiger partial charge < -0.3 is 10.2 Å². The Hall–Kier alpha value is -0.420. The van der Waals surface area contributed by atoms with Crippen molar-refractivity contribution < 1.29 is 15.0 Å². The summed E-state index contributed by atoms with van der Waals surface area (Å²) in [6, 6.07) is 4.62. The third kappa shape index (κ3) is 3.04. The molecule has 0 amide bonds. The van der Waals surface area contributed by atoms with Gasteiger partial charge in [0.05, 0.1) is 11.1 Å². The highest BCUT2D eigenvalue weighted by Gasteiger charge is 2.18. The highest BCUT2D eigenvalue weighted by Crippen LogP contribution is 2.24. The molecule has 3 nitrogen and oxygen atoms in total. The smallest absolute Gasteiger partial charge is 0.161 e. The van der Waals surface area contributed by atoms with Gasteiger partial charge in [-0.05, 0) is 24.6 Å². The van der Waals surface area contributed by atoms with E-state index in [9.17, 15) is 15.0 Å². The summed E-state index contributed by atoms with van der Waals surface area (Å²) in [6.45, 7) is 1.42. The first-order chi connectivity index (χ1) is 7.47. The van der Waals surface area contributed by atoms with E-state index in [1.807, 2.05) is 0 Å². The lowest BCUT2D eigenvalue weighted by Gasteiger charge is -2.16. The Morgan fingerprint density at radius 1 is 1.50 bits per heavy atom. The molecule has 0 aromatic heterocycles. The van der Waals surface area contributed by atoms with Crippen LogP contribution in [0.4, 0.5) is 0 Å². The van der Waals surface area contributed by atoms with Crippen LogP contribution in [0.15, 0.2) is 18.2 Å². The third-order valence-electron chi connectivity index (χ3n) is 2.24. The number of ketones is 1. The summed E-state index contributed by atoms with van der Waals surface area (Å²) in [5.74, 6) is -0.132. The fourth-order valence-electron chi connectivity index (χ4n) is 1.31. The second-order valence-corrected chi connectivity index (χ2v) is 4.52. The van der Waals surface area contributed by atoms with Gasteiger partial charge in [-0.15, -0.1) is 0 Å². The number of hydrogen-bond donors (Lipinski definition) is 2. The molecule has 1 rings (SSSR count). The lowest BCUT2D eigenvalue weighted by Crippen LogP contribution is -2.19. The van der Waals surface area contributed by atoms with Crippen molar-refractivity contribution in [3.63, 3.8) is 0 Å². The summed E-state index contributed by atoms with van der Waals surface area (Å²) < 4.78 is 0. The van der Waals surface area contributed by atoms with E-state index in [0.29, 0.717) is 11.1 Å². The molecule has 0 saturated heterocycles. The monoisotopic (exact) mass is 306 g/mol. The maximum atomic E-state index is 11.1. The van der Waals surface area contributed by atoms with Crippen LogP contribution in [-0.4, -0.2) is 27.4 Å². The molecule has 0 aliphatic rings. The molecule has 16 heavy (non-hydrogen) atoms. The Labute approximate surface area is 107 Å². The van der Waals surface area contributed by atoms with E-state index in [4.69, 9.17) is 11.6 Å². The Balaban J connectivity index is 3.01. The van der Waals surface area contributed by atoms with Crippen molar-refractivity contribution in [2.45, 2.75) is 19.1 Å². The van der Waals surface area contributed by atoms with Crippen LogP contribution in [0, 0.1) is 0 Å². The van der Waals surface area contributed by atoms with Crippen LogP contribution >= 0.6 is 27.5 Å². The zero-order valence-electron chi connectivity index (χ0n) is 8.65. The molecule has 0 radical (unpaired) electrons. The lowest BCUT2D eigenvalue weighted by molar-refractivity contribution is 0.0343. The molecular weight excluding hydrogens is 295 g/mol. The molecule has 2 unspecified atom stereocenters. The van der Waals surface area contributed by atoms with E-state index >= 15 is 0 Å². The number of hydrogen-bond acceptors (Lipinski definition) is 3. The van der Waals surface area contributed by atoms with Crippen LogP contribution in [0.3, 0.4) is 0 Å².